The van der Waals surface area contributed by atoms with E-state index in [0.717, 1.165) is 37.3 Å². The minimum atomic E-state index is -2.65. The zero-order valence-corrected chi connectivity index (χ0v) is 45.2. The number of benzene rings is 2. The minimum Gasteiger partial charge on any atom is -0.457 e. The first-order chi connectivity index (χ1) is 33.8. The number of ketones is 1. The third-order valence-corrected chi connectivity index (χ3v) is 19.5. The number of aromatic nitrogens is 1. The zero-order valence-electron chi connectivity index (χ0n) is 43.4. The molecule has 0 saturated carbocycles. The first kappa shape index (κ1) is 57.1. The van der Waals surface area contributed by atoms with Crippen molar-refractivity contribution in [2.24, 2.45) is 17.3 Å². The van der Waals surface area contributed by atoms with E-state index in [1.807, 2.05) is 39.0 Å². The van der Waals surface area contributed by atoms with E-state index in [1.54, 1.807) is 31.3 Å². The molecule has 72 heavy (non-hydrogen) atoms. The Labute approximate surface area is 427 Å². The number of rotatable bonds is 16. The standard InChI is InChI=1S/C54H71N3O13SSi/c1-12-17-39-50(69-52(63)66-33-37-22-25-43(41(30-37)57(64)65)68-48(60)20-14-13-15-29-56-46(58)27-28-47(56)59)35(3)19-16-18-34(2)21-24-42(38-23-26-44-40(31-38)55-36(4)71-44)67-49(61)32-45(54(8,9)51(39)62)70-72(10,11)53(5,6)7/h12,21-23,25-28,30-31,35,39,42,45,50H,1,13-20,24,29,32-33H2,2-11H3/b34-21-/t35-,39+,42-,45-,50-/m0/s1. The van der Waals surface area contributed by atoms with Crippen LogP contribution >= 0.6 is 11.3 Å². The fourth-order valence-corrected chi connectivity index (χ4v) is 10.9. The van der Waals surface area contributed by atoms with Crippen LogP contribution in [-0.2, 0) is 49.2 Å². The molecule has 2 aliphatic rings. The minimum absolute atomic E-state index is 0.0561. The lowest BCUT2D eigenvalue weighted by Crippen LogP contribution is -2.53. The fraction of sp³-hybridized carbons (Fsp3) is 0.537. The van der Waals surface area contributed by atoms with Gasteiger partial charge in [-0.3, -0.25) is 39.0 Å². The number of aryl methyl sites for hydroxylation is 1. The summed E-state index contributed by atoms with van der Waals surface area (Å²) in [5.41, 5.74) is 1.11. The highest BCUT2D eigenvalue weighted by Crippen LogP contribution is 2.43. The third-order valence-electron chi connectivity index (χ3n) is 14.0. The quantitative estimate of drug-likeness (QED) is 0.0191. The topological polar surface area (TPSA) is 208 Å². The summed E-state index contributed by atoms with van der Waals surface area (Å²) in [7, 11) is -2.65. The van der Waals surface area contributed by atoms with E-state index in [2.05, 4.69) is 51.5 Å². The number of thiazole rings is 1. The molecule has 0 spiro atoms. The first-order valence-electron chi connectivity index (χ1n) is 24.7. The number of unbranched alkanes of at least 4 members (excludes halogenated alkanes) is 2. The molecule has 16 nitrogen and oxygen atoms in total. The van der Waals surface area contributed by atoms with Crippen LogP contribution in [0.15, 0.2) is 72.9 Å². The Morgan fingerprint density at radius 2 is 1.75 bits per heavy atom. The van der Waals surface area contributed by atoms with Crippen LogP contribution in [0.3, 0.4) is 0 Å². The van der Waals surface area contributed by atoms with Gasteiger partial charge in [0.1, 0.15) is 24.6 Å². The maximum Gasteiger partial charge on any atom is 0.508 e. The average Bonchev–Trinajstić information content (AvgIpc) is 3.84. The van der Waals surface area contributed by atoms with E-state index in [4.69, 9.17) is 23.4 Å². The maximum atomic E-state index is 15.3. The Morgan fingerprint density at radius 1 is 1.04 bits per heavy atom. The Morgan fingerprint density at radius 3 is 2.42 bits per heavy atom. The van der Waals surface area contributed by atoms with Crippen molar-refractivity contribution in [1.82, 2.24) is 9.88 Å². The Balaban J connectivity index is 1.35. The number of ether oxygens (including phenoxy) is 4. The smallest absolute Gasteiger partial charge is 0.457 e. The van der Waals surface area contributed by atoms with Crippen molar-refractivity contribution in [3.05, 3.63) is 99.1 Å². The van der Waals surface area contributed by atoms with Crippen LogP contribution in [0.5, 0.6) is 5.75 Å². The number of nitro benzene ring substituents is 1. The fourth-order valence-electron chi connectivity index (χ4n) is 8.64. The predicted molar refractivity (Wildman–Crippen MR) is 276 cm³/mol. The Hall–Kier alpha value is -5.85. The number of cyclic esters (lactones) is 1. The summed E-state index contributed by atoms with van der Waals surface area (Å²) < 4.78 is 31.4. The molecule has 2 amide bonds. The monoisotopic (exact) mass is 1030 g/mol. The lowest BCUT2D eigenvalue weighted by Gasteiger charge is -2.45. The lowest BCUT2D eigenvalue weighted by atomic mass is 9.71. The van der Waals surface area contributed by atoms with Gasteiger partial charge in [0.2, 0.25) is 5.75 Å². The summed E-state index contributed by atoms with van der Waals surface area (Å²) in [5.74, 6) is -3.87. The van der Waals surface area contributed by atoms with Crippen molar-refractivity contribution in [2.75, 3.05) is 6.54 Å². The molecular weight excluding hydrogens is 959 g/mol. The number of fused-ring (bicyclic) bond motifs is 1. The molecule has 2 aromatic carbocycles. The van der Waals surface area contributed by atoms with E-state index >= 15 is 4.79 Å². The maximum absolute atomic E-state index is 15.3. The molecule has 2 aliphatic heterocycles. The average molecular weight is 1030 g/mol. The van der Waals surface area contributed by atoms with Crippen molar-refractivity contribution >= 4 is 71.2 Å². The van der Waals surface area contributed by atoms with E-state index < -0.39 is 73.3 Å². The van der Waals surface area contributed by atoms with Crippen molar-refractivity contribution in [3.8, 4) is 5.75 Å². The largest absolute Gasteiger partial charge is 0.508 e. The van der Waals surface area contributed by atoms with Crippen LogP contribution in [0.25, 0.3) is 10.2 Å². The molecule has 0 bridgehead atoms. The number of nitrogens with zero attached hydrogens (tertiary/aromatic N) is 3. The number of carbonyl (C=O) groups is 6. The number of imide groups is 1. The van der Waals surface area contributed by atoms with Gasteiger partial charge < -0.3 is 23.4 Å². The van der Waals surface area contributed by atoms with E-state index in [1.165, 1.54) is 24.3 Å². The van der Waals surface area contributed by atoms with E-state index in [0.29, 0.717) is 44.9 Å². The zero-order chi connectivity index (χ0) is 53.1. The number of hydrogen-bond acceptors (Lipinski definition) is 15. The van der Waals surface area contributed by atoms with Crippen LogP contribution < -0.4 is 4.74 Å². The third kappa shape index (κ3) is 15.1. The molecule has 0 saturated heterocycles. The van der Waals surface area contributed by atoms with E-state index in [-0.39, 0.29) is 65.7 Å². The molecule has 3 heterocycles. The normalized spacial score (nSPS) is 22.3. The number of hydrogen-bond donors (Lipinski definition) is 0. The molecule has 0 unspecified atom stereocenters. The molecule has 0 fully saturated rings. The summed E-state index contributed by atoms with van der Waals surface area (Å²) in [6.45, 7) is 23.5. The molecule has 0 aliphatic carbocycles. The van der Waals surface area contributed by atoms with Gasteiger partial charge in [-0.25, -0.2) is 9.78 Å². The van der Waals surface area contributed by atoms with Crippen molar-refractivity contribution < 1.29 is 57.1 Å². The summed E-state index contributed by atoms with van der Waals surface area (Å²) in [4.78, 5) is 96.8. The van der Waals surface area contributed by atoms with Gasteiger partial charge in [-0.2, -0.15) is 0 Å². The summed E-state index contributed by atoms with van der Waals surface area (Å²) >= 11 is 1.60. The van der Waals surface area contributed by atoms with Crippen LogP contribution in [0.4, 0.5) is 10.5 Å². The Kier molecular flexibility index (Phi) is 19.6. The summed E-state index contributed by atoms with van der Waals surface area (Å²) in [5, 5.41) is 12.8. The highest BCUT2D eigenvalue weighted by molar-refractivity contribution is 7.18. The molecule has 0 radical (unpaired) electrons. The highest BCUT2D eigenvalue weighted by atomic mass is 32.1. The number of carbonyl (C=O) groups excluding carboxylic acids is 6. The van der Waals surface area contributed by atoms with Gasteiger partial charge >= 0.3 is 23.8 Å². The van der Waals surface area contributed by atoms with Gasteiger partial charge in [0.15, 0.2) is 8.32 Å². The summed E-state index contributed by atoms with van der Waals surface area (Å²) in [6.07, 6.45) is 6.02. The molecular formula is C54H71N3O13SSi. The lowest BCUT2D eigenvalue weighted by molar-refractivity contribution is -0.385. The predicted octanol–water partition coefficient (Wildman–Crippen LogP) is 11.9. The summed E-state index contributed by atoms with van der Waals surface area (Å²) in [6, 6.07) is 9.76. The van der Waals surface area contributed by atoms with Crippen LogP contribution in [0.1, 0.15) is 135 Å². The van der Waals surface area contributed by atoms with E-state index in [9.17, 15) is 34.1 Å². The second-order valence-corrected chi connectivity index (χ2v) is 27.0. The van der Waals surface area contributed by atoms with Gasteiger partial charge in [-0.15, -0.1) is 17.9 Å². The molecule has 5 rings (SSSR count). The van der Waals surface area contributed by atoms with Crippen LogP contribution in [0.2, 0.25) is 18.1 Å². The van der Waals surface area contributed by atoms with Crippen LogP contribution in [-0.4, -0.2) is 77.6 Å². The number of nitro groups is 1. The number of Topliss-reactive ketones (excluding diaryl/α,β-unsaturated/α-hetero) is 1. The second-order valence-electron chi connectivity index (χ2n) is 21.0. The van der Waals surface area contributed by atoms with Gasteiger partial charge in [-0.1, -0.05) is 77.8 Å². The van der Waals surface area contributed by atoms with Crippen molar-refractivity contribution in [2.45, 2.75) is 163 Å². The molecule has 0 N–H and O–H groups in total. The second kappa shape index (κ2) is 24.7. The Bertz CT molecular complexity index is 2560. The number of amides is 2. The molecule has 5 atom stereocenters. The SMILES string of the molecule is C=CC[C@H]1C(=O)C(C)(C)[C@@H](O[Si](C)(C)C(C)(C)C)CC(=O)O[C@H](c2ccc3sc(C)nc3c2)C/C=C(/C)CCC[C@H](C)[C@@H]1OC(=O)OCc1ccc(OC(=O)CCCCCN2C(=O)C=CC2=O)c([N+](=O)[O-])c1. The van der Waals surface area contributed by atoms with Crippen molar-refractivity contribution in [3.63, 3.8) is 0 Å². The number of esters is 2. The molecule has 18 heteroatoms. The van der Waals surface area contributed by atoms with Gasteiger partial charge in [0, 0.05) is 43.0 Å². The van der Waals surface area contributed by atoms with Crippen molar-refractivity contribution in [1.29, 1.82) is 0 Å². The van der Waals surface area contributed by atoms with Gasteiger partial charge in [-0.05, 0) is 106 Å². The first-order valence-corrected chi connectivity index (χ1v) is 28.4. The molecule has 390 valence electrons. The number of allylic oxidation sites excluding steroid dienone is 2. The molecule has 1 aromatic heterocycles. The van der Waals surface area contributed by atoms with Gasteiger partial charge in [0.05, 0.1) is 38.6 Å². The van der Waals surface area contributed by atoms with Crippen LogP contribution in [0, 0.1) is 34.3 Å². The highest BCUT2D eigenvalue weighted by Gasteiger charge is 2.50. The molecule has 3 aromatic rings. The van der Waals surface area contributed by atoms with Gasteiger partial charge in [0.25, 0.3) is 11.8 Å².